The summed E-state index contributed by atoms with van der Waals surface area (Å²) >= 11 is 6.65. The Kier molecular flexibility index (Phi) is 11.9. The van der Waals surface area contributed by atoms with Crippen molar-refractivity contribution in [2.24, 2.45) is 0 Å². The van der Waals surface area contributed by atoms with E-state index in [4.69, 9.17) is 25.0 Å². The molecule has 0 aliphatic heterocycles. The van der Waals surface area contributed by atoms with Gasteiger partial charge in [-0.15, -0.1) is 4.28 Å². The monoisotopic (exact) mass is 768 g/mol. The summed E-state index contributed by atoms with van der Waals surface area (Å²) < 4.78 is 81.6. The molecule has 0 saturated carbocycles. The van der Waals surface area contributed by atoms with Crippen LogP contribution >= 0.6 is 11.6 Å². The first-order valence-corrected chi connectivity index (χ1v) is 19.4. The summed E-state index contributed by atoms with van der Waals surface area (Å²) in [6.45, 7) is 2.48. The molecular weight excluding hydrogens is 735 g/mol. The maximum absolute atomic E-state index is 13.7. The minimum absolute atomic E-state index is 0. The zero-order valence-electron chi connectivity index (χ0n) is 27.9. The fourth-order valence-corrected chi connectivity index (χ4v) is 6.68. The van der Waals surface area contributed by atoms with Gasteiger partial charge in [0.1, 0.15) is 45.9 Å². The highest BCUT2D eigenvalue weighted by Gasteiger charge is 2.26. The van der Waals surface area contributed by atoms with E-state index in [-0.39, 0.29) is 51.6 Å². The second kappa shape index (κ2) is 16.2. The highest BCUT2D eigenvalue weighted by Crippen LogP contribution is 2.38. The van der Waals surface area contributed by atoms with Gasteiger partial charge in [-0.05, 0) is 85.3 Å². The van der Waals surface area contributed by atoms with E-state index < -0.39 is 25.8 Å². The van der Waals surface area contributed by atoms with Gasteiger partial charge in [-0.25, -0.2) is 22.8 Å². The number of sulfone groups is 1. The first-order chi connectivity index (χ1) is 24.3. The van der Waals surface area contributed by atoms with Crippen LogP contribution in [0.2, 0.25) is 5.02 Å². The van der Waals surface area contributed by atoms with Gasteiger partial charge in [-0.2, -0.15) is 13.5 Å². The molecule has 4 aromatic carbocycles. The van der Waals surface area contributed by atoms with Gasteiger partial charge in [0.05, 0.1) is 33.4 Å². The molecule has 0 aliphatic rings. The fourth-order valence-electron chi connectivity index (χ4n) is 5.02. The molecule has 6 aromatic rings. The van der Waals surface area contributed by atoms with E-state index >= 15 is 0 Å². The fraction of sp³-hybridized carbons (Fsp3) is 0.167. The number of aryl methyl sites for hydroxylation is 1. The molecule has 6 rings (SSSR count). The Morgan fingerprint density at radius 2 is 1.71 bits per heavy atom. The summed E-state index contributed by atoms with van der Waals surface area (Å²) in [6, 6.07) is 25.6. The van der Waals surface area contributed by atoms with E-state index in [2.05, 4.69) is 15.3 Å². The van der Waals surface area contributed by atoms with Crippen molar-refractivity contribution in [3.8, 4) is 17.1 Å². The van der Waals surface area contributed by atoms with Crippen LogP contribution in [-0.4, -0.2) is 50.8 Å². The van der Waals surface area contributed by atoms with Crippen molar-refractivity contribution in [1.82, 2.24) is 15.3 Å². The predicted molar refractivity (Wildman–Crippen MR) is 196 cm³/mol. The molecule has 0 saturated heterocycles. The number of aromatic nitrogens is 2. The molecule has 0 aliphatic carbocycles. The third kappa shape index (κ3) is 9.50. The van der Waals surface area contributed by atoms with E-state index in [1.54, 1.807) is 66.7 Å². The number of nitrogens with zero attached hydrogens (tertiary/aromatic N) is 3. The van der Waals surface area contributed by atoms with Gasteiger partial charge in [0.15, 0.2) is 5.82 Å². The van der Waals surface area contributed by atoms with Crippen molar-refractivity contribution in [1.29, 1.82) is 0 Å². The summed E-state index contributed by atoms with van der Waals surface area (Å²) in [4.78, 5) is 8.75. The molecule has 272 valence electrons. The Labute approximate surface area is 305 Å². The van der Waals surface area contributed by atoms with Crippen molar-refractivity contribution < 1.29 is 40.1 Å². The highest BCUT2D eigenvalue weighted by molar-refractivity contribution is 7.90. The van der Waals surface area contributed by atoms with Gasteiger partial charge >= 0.3 is 10.1 Å². The van der Waals surface area contributed by atoms with Gasteiger partial charge in [-0.1, -0.05) is 41.4 Å². The zero-order chi connectivity index (χ0) is 36.2. The average Bonchev–Trinajstić information content (AvgIpc) is 3.57. The van der Waals surface area contributed by atoms with Gasteiger partial charge in [0, 0.05) is 23.8 Å². The minimum Gasteiger partial charge on any atom is -0.487 e. The van der Waals surface area contributed by atoms with Crippen LogP contribution in [0.4, 0.5) is 15.9 Å². The van der Waals surface area contributed by atoms with Crippen molar-refractivity contribution in [2.75, 3.05) is 23.6 Å². The normalized spacial score (nSPS) is 11.7. The number of halogens is 2. The maximum atomic E-state index is 13.7. The predicted octanol–water partition coefficient (Wildman–Crippen LogP) is 6.34. The smallest absolute Gasteiger partial charge is 0.318 e. The third-order valence-corrected chi connectivity index (χ3v) is 10.1. The van der Waals surface area contributed by atoms with Crippen LogP contribution < -0.4 is 15.1 Å². The lowest BCUT2D eigenvalue weighted by Gasteiger charge is -2.24. The van der Waals surface area contributed by atoms with Gasteiger partial charge in [0.2, 0.25) is 0 Å². The number of furan rings is 1. The Morgan fingerprint density at radius 3 is 2.44 bits per heavy atom. The number of hydrogen-bond donors (Lipinski definition) is 1. The Hall–Kier alpha value is -4.90. The molecule has 2 heterocycles. The van der Waals surface area contributed by atoms with Crippen LogP contribution in [-0.2, 0) is 37.4 Å². The number of benzene rings is 4. The molecule has 0 unspecified atom stereocenters. The number of fused-ring (bicyclic) bond motifs is 1. The molecule has 0 amide bonds. The molecular formula is C36H34ClFN4O8S2. The van der Waals surface area contributed by atoms with E-state index in [1.165, 1.54) is 42.9 Å². The van der Waals surface area contributed by atoms with E-state index in [0.717, 1.165) is 10.6 Å². The lowest BCUT2D eigenvalue weighted by Crippen LogP contribution is -2.24. The van der Waals surface area contributed by atoms with Crippen LogP contribution in [0.15, 0.2) is 113 Å². The molecule has 2 aromatic heterocycles. The molecule has 3 N–H and O–H groups in total. The Bertz CT molecular complexity index is 2410. The van der Waals surface area contributed by atoms with Crippen molar-refractivity contribution in [3.63, 3.8) is 0 Å². The standard InChI is InChI=1S/C36H32ClFN4O7S2.H2O/c1-24-6-11-30(12-7-24)51(45,46)49-42(28-9-14-35(32(37)20-28)47-22-25-4-3-5-27(38)18-25)36-31-19-26(8-13-33(31)40-23-41-36)34-15-10-29(48-34)21-39-16-17-50(2,43)44;/h3-15,18-20,23,39H,16-17,21-22H2,1-2H3;1H2. The lowest BCUT2D eigenvalue weighted by atomic mass is 10.1. The second-order valence-corrected chi connectivity index (χ2v) is 15.9. The quantitative estimate of drug-likeness (QED) is 0.0969. The van der Waals surface area contributed by atoms with Gasteiger partial charge in [0.25, 0.3) is 0 Å². The van der Waals surface area contributed by atoms with Crippen LogP contribution in [0.1, 0.15) is 16.9 Å². The summed E-state index contributed by atoms with van der Waals surface area (Å²) in [6.07, 6.45) is 2.47. The molecule has 12 nitrogen and oxygen atoms in total. The van der Waals surface area contributed by atoms with Gasteiger partial charge < -0.3 is 19.9 Å². The van der Waals surface area contributed by atoms with Crippen LogP contribution in [0.3, 0.4) is 0 Å². The molecule has 0 radical (unpaired) electrons. The summed E-state index contributed by atoms with van der Waals surface area (Å²) in [7, 11) is -7.50. The van der Waals surface area contributed by atoms with Crippen LogP contribution in [0.25, 0.3) is 22.2 Å². The number of anilines is 2. The average molecular weight is 769 g/mol. The number of hydrogen-bond acceptors (Lipinski definition) is 11. The topological polar surface area (TPSA) is 172 Å². The number of ether oxygens (including phenoxy) is 1. The van der Waals surface area contributed by atoms with Crippen LogP contribution in [0, 0.1) is 12.7 Å². The van der Waals surface area contributed by atoms with Gasteiger partial charge in [-0.3, -0.25) is 0 Å². The molecule has 0 spiro atoms. The summed E-state index contributed by atoms with van der Waals surface area (Å²) in [5.74, 6) is 1.08. The SMILES string of the molecule is Cc1ccc(S(=O)(=O)ON(c2ccc(OCc3cccc(F)c3)c(Cl)c2)c2ncnc3ccc(-c4ccc(CNCCS(C)(=O)=O)o4)cc23)cc1.O. The van der Waals surface area contributed by atoms with Crippen molar-refractivity contribution >= 4 is 54.0 Å². The van der Waals surface area contributed by atoms with Crippen molar-refractivity contribution in [3.05, 3.63) is 131 Å². The first kappa shape index (κ1) is 38.3. The number of rotatable bonds is 14. The lowest BCUT2D eigenvalue weighted by molar-refractivity contribution is 0.305. The highest BCUT2D eigenvalue weighted by atomic mass is 35.5. The summed E-state index contributed by atoms with van der Waals surface area (Å²) in [5.41, 5.74) is 2.80. The Balaban J connectivity index is 0.00000523. The van der Waals surface area contributed by atoms with E-state index in [9.17, 15) is 21.2 Å². The zero-order valence-corrected chi connectivity index (χ0v) is 30.3. The van der Waals surface area contributed by atoms with E-state index in [1.807, 2.05) is 6.92 Å². The van der Waals surface area contributed by atoms with E-state index in [0.29, 0.717) is 40.1 Å². The second-order valence-electron chi connectivity index (χ2n) is 11.7. The maximum Gasteiger partial charge on any atom is 0.318 e. The van der Waals surface area contributed by atoms with Crippen LogP contribution in [0.5, 0.6) is 5.75 Å². The molecule has 0 atom stereocenters. The number of nitrogens with one attached hydrogen (secondary N) is 1. The molecule has 0 fully saturated rings. The molecule has 52 heavy (non-hydrogen) atoms. The molecule has 0 bridgehead atoms. The molecule has 16 heteroatoms. The largest absolute Gasteiger partial charge is 0.487 e. The summed E-state index contributed by atoms with van der Waals surface area (Å²) in [5, 5.41) is 4.68. The minimum atomic E-state index is -4.40. The Morgan fingerprint density at radius 1 is 0.923 bits per heavy atom. The third-order valence-electron chi connectivity index (χ3n) is 7.62. The first-order valence-electron chi connectivity index (χ1n) is 15.6. The van der Waals surface area contributed by atoms with Crippen molar-refractivity contribution in [2.45, 2.75) is 25.0 Å².